The van der Waals surface area contributed by atoms with E-state index in [0.717, 1.165) is 0 Å². The Morgan fingerprint density at radius 1 is 1.33 bits per heavy atom. The van der Waals surface area contributed by atoms with Crippen LogP contribution in [0.25, 0.3) is 0 Å². The predicted octanol–water partition coefficient (Wildman–Crippen LogP) is -0.406. The fraction of sp³-hybridized carbons (Fsp3) is 1.00. The summed E-state index contributed by atoms with van der Waals surface area (Å²) in [6.07, 6.45) is -1.29. The lowest BCUT2D eigenvalue weighted by Crippen LogP contribution is -2.37. The number of likely N-dealkylation sites (N-methyl/N-ethyl adjacent to an activating group) is 1. The Kier molecular flexibility index (Phi) is 5.40. The van der Waals surface area contributed by atoms with E-state index in [1.54, 1.807) is 0 Å². The normalized spacial score (nSPS) is 20.7. The second-order valence-electron chi connectivity index (χ2n) is 4.57. The molecule has 0 aromatic heterocycles. The molecule has 3 N–H and O–H groups in total. The first kappa shape index (κ1) is 15.0. The highest BCUT2D eigenvalue weighted by Gasteiger charge is 2.34. The zero-order valence-corrected chi connectivity index (χ0v) is 10.5. The molecule has 6 nitrogen and oxygen atoms in total. The highest BCUT2D eigenvalue weighted by Crippen LogP contribution is 2.47. The number of aliphatic hydroxyl groups is 2. The average molecular weight is 242 g/mol. The minimum atomic E-state index is -4.13. The molecule has 0 aliphatic heterocycles. The average Bonchev–Trinajstić information content (AvgIpc) is 1.99. The lowest BCUT2D eigenvalue weighted by molar-refractivity contribution is -0.870. The minimum absolute atomic E-state index is 0.0566. The minimum Gasteiger partial charge on any atom is -0.390 e. The van der Waals surface area contributed by atoms with Crippen molar-refractivity contribution in [1.29, 1.82) is 0 Å². The zero-order valence-electron chi connectivity index (χ0n) is 9.62. The summed E-state index contributed by atoms with van der Waals surface area (Å²) in [5.41, 5.74) is 0. The molecule has 0 radical (unpaired) electrons. The molecule has 0 aliphatic carbocycles. The van der Waals surface area contributed by atoms with Crippen molar-refractivity contribution in [1.82, 2.24) is 0 Å². The van der Waals surface area contributed by atoms with Crippen molar-refractivity contribution < 1.29 is 28.7 Å². The standard InChI is InChI=1S/C8H20NO5P/c1-7(10)8(11)15(12,13)14-6-5-9(2,3)4/h7-8,10-11H,5-6H2,1-4H3/p+1. The van der Waals surface area contributed by atoms with Crippen molar-refractivity contribution >= 4 is 7.60 Å². The lowest BCUT2D eigenvalue weighted by Gasteiger charge is -2.25. The molecular weight excluding hydrogens is 221 g/mol. The molecule has 0 aromatic carbocycles. The van der Waals surface area contributed by atoms with E-state index in [4.69, 9.17) is 9.63 Å². The molecule has 3 atom stereocenters. The number of aliphatic hydroxyl groups excluding tert-OH is 2. The maximum atomic E-state index is 11.4. The fourth-order valence-electron chi connectivity index (χ4n) is 0.794. The Bertz CT molecular complexity index is 238. The van der Waals surface area contributed by atoms with Crippen LogP contribution in [0.3, 0.4) is 0 Å². The van der Waals surface area contributed by atoms with Gasteiger partial charge in [-0.2, -0.15) is 0 Å². The Morgan fingerprint density at radius 3 is 2.13 bits per heavy atom. The van der Waals surface area contributed by atoms with Crippen LogP contribution in [0.15, 0.2) is 0 Å². The van der Waals surface area contributed by atoms with Crippen LogP contribution in [-0.2, 0) is 9.09 Å². The highest BCUT2D eigenvalue weighted by molar-refractivity contribution is 7.53. The summed E-state index contributed by atoms with van der Waals surface area (Å²) in [6.45, 7) is 1.83. The van der Waals surface area contributed by atoms with Gasteiger partial charge in [-0.15, -0.1) is 0 Å². The molecule has 15 heavy (non-hydrogen) atoms. The van der Waals surface area contributed by atoms with Crippen LogP contribution in [0.2, 0.25) is 0 Å². The first-order chi connectivity index (χ1) is 6.56. The first-order valence-corrected chi connectivity index (χ1v) is 6.34. The Labute approximate surface area is 90.2 Å². The summed E-state index contributed by atoms with van der Waals surface area (Å²) in [6, 6.07) is 0. The van der Waals surface area contributed by atoms with E-state index in [0.29, 0.717) is 11.0 Å². The largest absolute Gasteiger partial charge is 0.390 e. The molecule has 0 saturated heterocycles. The quantitative estimate of drug-likeness (QED) is 0.435. The summed E-state index contributed by atoms with van der Waals surface area (Å²) < 4.78 is 16.7. The molecule has 3 unspecified atom stereocenters. The van der Waals surface area contributed by atoms with Crippen LogP contribution in [-0.4, -0.2) is 65.8 Å². The molecule has 0 rings (SSSR count). The Morgan fingerprint density at radius 2 is 1.80 bits per heavy atom. The van der Waals surface area contributed by atoms with Crippen LogP contribution in [0.1, 0.15) is 6.92 Å². The zero-order chi connectivity index (χ0) is 12.3. The van der Waals surface area contributed by atoms with E-state index in [-0.39, 0.29) is 6.61 Å². The third kappa shape index (κ3) is 6.25. The van der Waals surface area contributed by atoms with Crippen molar-refractivity contribution in [2.75, 3.05) is 34.3 Å². The Hall–Kier alpha value is 0.0300. The van der Waals surface area contributed by atoms with E-state index in [2.05, 4.69) is 0 Å². The van der Waals surface area contributed by atoms with Crippen LogP contribution in [0, 0.1) is 0 Å². The molecule has 92 valence electrons. The number of hydrogen-bond donors (Lipinski definition) is 3. The van der Waals surface area contributed by atoms with Crippen molar-refractivity contribution in [3.05, 3.63) is 0 Å². The van der Waals surface area contributed by atoms with Crippen molar-refractivity contribution in [2.45, 2.75) is 18.9 Å². The van der Waals surface area contributed by atoms with Crippen molar-refractivity contribution in [2.24, 2.45) is 0 Å². The maximum Gasteiger partial charge on any atom is 0.359 e. The van der Waals surface area contributed by atoms with Crippen molar-refractivity contribution in [3.63, 3.8) is 0 Å². The van der Waals surface area contributed by atoms with E-state index in [9.17, 15) is 14.6 Å². The summed E-state index contributed by atoms with van der Waals surface area (Å²) >= 11 is 0. The van der Waals surface area contributed by atoms with Gasteiger partial charge in [0.15, 0.2) is 5.85 Å². The van der Waals surface area contributed by atoms with Gasteiger partial charge in [0.25, 0.3) is 0 Å². The van der Waals surface area contributed by atoms with Gasteiger partial charge in [0.2, 0.25) is 0 Å². The molecule has 0 saturated carbocycles. The van der Waals surface area contributed by atoms with Crippen LogP contribution in [0.5, 0.6) is 0 Å². The van der Waals surface area contributed by atoms with Gasteiger partial charge in [-0.3, -0.25) is 4.57 Å². The van der Waals surface area contributed by atoms with Gasteiger partial charge in [0.1, 0.15) is 13.2 Å². The SMILES string of the molecule is CC(O)C(O)P(=O)(O)OCC[N+](C)(C)C. The Balaban J connectivity index is 4.11. The third-order valence-electron chi connectivity index (χ3n) is 1.80. The first-order valence-electron chi connectivity index (χ1n) is 4.70. The molecule has 0 heterocycles. The van der Waals surface area contributed by atoms with E-state index < -0.39 is 19.5 Å². The molecule has 0 aliphatic rings. The summed E-state index contributed by atoms with van der Waals surface area (Å²) in [5.74, 6) is -1.75. The van der Waals surface area contributed by atoms with Gasteiger partial charge >= 0.3 is 7.60 Å². The molecule has 0 amide bonds. The second-order valence-corrected chi connectivity index (χ2v) is 6.48. The van der Waals surface area contributed by atoms with Crippen LogP contribution < -0.4 is 0 Å². The molecule has 7 heteroatoms. The molecule has 0 aromatic rings. The van der Waals surface area contributed by atoms with E-state index in [1.165, 1.54) is 6.92 Å². The smallest absolute Gasteiger partial charge is 0.359 e. The fourth-order valence-corrected chi connectivity index (χ4v) is 1.84. The van der Waals surface area contributed by atoms with Gasteiger partial charge < -0.3 is 24.1 Å². The number of quaternary nitrogens is 1. The van der Waals surface area contributed by atoms with Crippen LogP contribution >= 0.6 is 7.60 Å². The summed E-state index contributed by atoms with van der Waals surface area (Å²) in [4.78, 5) is 9.27. The van der Waals surface area contributed by atoms with Gasteiger partial charge in [0.05, 0.1) is 27.2 Å². The van der Waals surface area contributed by atoms with Gasteiger partial charge in [-0.05, 0) is 6.92 Å². The summed E-state index contributed by atoms with van der Waals surface area (Å²) in [7, 11) is 1.61. The van der Waals surface area contributed by atoms with Gasteiger partial charge in [-0.1, -0.05) is 0 Å². The van der Waals surface area contributed by atoms with Crippen molar-refractivity contribution in [3.8, 4) is 0 Å². The molecular formula is C8H21NO5P+. The highest BCUT2D eigenvalue weighted by atomic mass is 31.2. The monoisotopic (exact) mass is 242 g/mol. The third-order valence-corrected chi connectivity index (χ3v) is 3.46. The summed E-state index contributed by atoms with van der Waals surface area (Å²) in [5, 5.41) is 18.1. The van der Waals surface area contributed by atoms with Gasteiger partial charge in [-0.25, -0.2) is 0 Å². The topological polar surface area (TPSA) is 87.0 Å². The number of rotatable bonds is 6. The molecule has 0 bridgehead atoms. The lowest BCUT2D eigenvalue weighted by atomic mass is 10.4. The van der Waals surface area contributed by atoms with E-state index in [1.807, 2.05) is 21.1 Å². The second kappa shape index (κ2) is 5.39. The molecule has 0 fully saturated rings. The van der Waals surface area contributed by atoms with Crippen LogP contribution in [0.4, 0.5) is 0 Å². The number of hydrogen-bond acceptors (Lipinski definition) is 4. The van der Waals surface area contributed by atoms with Gasteiger partial charge in [0, 0.05) is 0 Å². The molecule has 0 spiro atoms. The number of nitrogens with zero attached hydrogens (tertiary/aromatic N) is 1. The van der Waals surface area contributed by atoms with E-state index >= 15 is 0 Å². The predicted molar refractivity (Wildman–Crippen MR) is 56.4 cm³/mol. The maximum absolute atomic E-state index is 11.4.